The summed E-state index contributed by atoms with van der Waals surface area (Å²) in [6, 6.07) is 24.5. The number of amides is 1. The summed E-state index contributed by atoms with van der Waals surface area (Å²) in [5, 5.41) is 20.2. The molecule has 1 aromatic heterocycles. The Morgan fingerprint density at radius 1 is 0.656 bits per heavy atom. The van der Waals surface area contributed by atoms with Crippen molar-refractivity contribution in [2.75, 3.05) is 5.32 Å². The van der Waals surface area contributed by atoms with E-state index in [1.807, 2.05) is 36.4 Å². The number of carbonyl (C=O) groups is 2. The number of carbonyl (C=O) groups excluding carboxylic acids is 1. The number of anilines is 1. The highest BCUT2D eigenvalue weighted by molar-refractivity contribution is 6.36. The molecule has 0 saturated carbocycles. The van der Waals surface area contributed by atoms with Crippen molar-refractivity contribution in [1.29, 1.82) is 0 Å². The van der Waals surface area contributed by atoms with Crippen LogP contribution in [0, 0.1) is 0 Å². The Morgan fingerprint density at radius 3 is 1.94 bits per heavy atom. The summed E-state index contributed by atoms with van der Waals surface area (Å²) < 4.78 is 0. The molecule has 0 aliphatic heterocycles. The average Bonchev–Trinajstić information content (AvgIpc) is 2.82. The smallest absolute Gasteiger partial charge is 0.336 e. The molecule has 152 valence electrons. The van der Waals surface area contributed by atoms with Crippen LogP contribution in [-0.2, 0) is 0 Å². The maximum Gasteiger partial charge on any atom is 0.336 e. The van der Waals surface area contributed by atoms with Crippen molar-refractivity contribution in [2.45, 2.75) is 0 Å². The summed E-state index contributed by atoms with van der Waals surface area (Å²) in [7, 11) is 0. The van der Waals surface area contributed by atoms with E-state index in [2.05, 4.69) is 22.4 Å². The number of aromatic carboxylic acids is 1. The Kier molecular flexibility index (Phi) is 3.86. The van der Waals surface area contributed by atoms with E-state index >= 15 is 0 Å². The molecule has 6 rings (SSSR count). The van der Waals surface area contributed by atoms with Crippen molar-refractivity contribution < 1.29 is 14.7 Å². The van der Waals surface area contributed by atoms with E-state index in [1.54, 1.807) is 36.5 Å². The van der Waals surface area contributed by atoms with Gasteiger partial charge in [-0.25, -0.2) is 9.78 Å². The Hall–Kier alpha value is -4.51. The van der Waals surface area contributed by atoms with Gasteiger partial charge in [-0.05, 0) is 62.0 Å². The van der Waals surface area contributed by atoms with Gasteiger partial charge < -0.3 is 10.4 Å². The minimum absolute atomic E-state index is 0.100. The van der Waals surface area contributed by atoms with Crippen LogP contribution in [0.3, 0.4) is 0 Å². The van der Waals surface area contributed by atoms with E-state index in [9.17, 15) is 14.7 Å². The number of aromatic nitrogens is 1. The monoisotopic (exact) mass is 416 g/mol. The van der Waals surface area contributed by atoms with Crippen molar-refractivity contribution in [3.8, 4) is 0 Å². The fourth-order valence-electron chi connectivity index (χ4n) is 4.72. The number of carboxylic acid groups (broad SMARTS) is 1. The standard InChI is InChI=1S/C27H16N2O3/c30-26(29-22-9-1-2-14-28-22)20-12-10-18-16-7-3-5-15-6-4-8-17(23(15)16)19-11-13-21(27(31)32)25(20)24(18)19/h1-14H,(H,31,32)(H,28,29,30). The molecule has 1 amide bonds. The molecule has 5 nitrogen and oxygen atoms in total. The van der Waals surface area contributed by atoms with E-state index in [0.717, 1.165) is 37.7 Å². The number of benzene rings is 5. The van der Waals surface area contributed by atoms with Crippen molar-refractivity contribution in [3.63, 3.8) is 0 Å². The number of fused-ring (bicyclic) bond motifs is 2. The molecule has 32 heavy (non-hydrogen) atoms. The zero-order valence-electron chi connectivity index (χ0n) is 16.8. The molecular weight excluding hydrogens is 400 g/mol. The lowest BCUT2D eigenvalue weighted by molar-refractivity contribution is 0.0699. The molecule has 6 aromatic rings. The second-order valence-corrected chi connectivity index (χ2v) is 7.75. The van der Waals surface area contributed by atoms with Crippen molar-refractivity contribution in [2.24, 2.45) is 0 Å². The quantitative estimate of drug-likeness (QED) is 0.271. The van der Waals surface area contributed by atoms with Crippen LogP contribution < -0.4 is 5.32 Å². The molecule has 0 radical (unpaired) electrons. The van der Waals surface area contributed by atoms with Gasteiger partial charge in [0.1, 0.15) is 5.82 Å². The van der Waals surface area contributed by atoms with E-state index in [-0.39, 0.29) is 5.56 Å². The number of rotatable bonds is 3. The van der Waals surface area contributed by atoms with E-state index < -0.39 is 11.9 Å². The summed E-state index contributed by atoms with van der Waals surface area (Å²) >= 11 is 0. The predicted octanol–water partition coefficient (Wildman–Crippen LogP) is 6.08. The highest BCUT2D eigenvalue weighted by Gasteiger charge is 2.22. The van der Waals surface area contributed by atoms with Gasteiger partial charge in [0, 0.05) is 17.1 Å². The number of nitrogens with zero attached hydrogens (tertiary/aromatic N) is 1. The summed E-state index contributed by atoms with van der Waals surface area (Å²) in [6.45, 7) is 0. The molecule has 0 fully saturated rings. The second kappa shape index (κ2) is 6.75. The Morgan fingerprint density at radius 2 is 1.31 bits per heavy atom. The fraction of sp³-hybridized carbons (Fsp3) is 0. The minimum Gasteiger partial charge on any atom is -0.478 e. The van der Waals surface area contributed by atoms with Crippen LogP contribution in [0.1, 0.15) is 20.7 Å². The van der Waals surface area contributed by atoms with Gasteiger partial charge in [-0.3, -0.25) is 4.79 Å². The molecule has 0 spiro atoms. The normalized spacial score (nSPS) is 11.5. The maximum absolute atomic E-state index is 13.2. The van der Waals surface area contributed by atoms with Crippen LogP contribution in [0.15, 0.2) is 85.1 Å². The maximum atomic E-state index is 13.2. The molecule has 0 aliphatic carbocycles. The molecule has 1 heterocycles. The highest BCUT2D eigenvalue weighted by atomic mass is 16.4. The molecule has 2 N–H and O–H groups in total. The number of pyridine rings is 1. The second-order valence-electron chi connectivity index (χ2n) is 7.75. The van der Waals surface area contributed by atoms with Crippen LogP contribution in [0.4, 0.5) is 5.82 Å². The molecule has 0 unspecified atom stereocenters. The Balaban J connectivity index is 1.75. The van der Waals surface area contributed by atoms with Gasteiger partial charge in [-0.1, -0.05) is 54.6 Å². The minimum atomic E-state index is -1.07. The van der Waals surface area contributed by atoms with Gasteiger partial charge in [0.2, 0.25) is 0 Å². The number of carboxylic acids is 1. The van der Waals surface area contributed by atoms with Gasteiger partial charge in [-0.2, -0.15) is 0 Å². The summed E-state index contributed by atoms with van der Waals surface area (Å²) in [6.07, 6.45) is 1.59. The van der Waals surface area contributed by atoms with Gasteiger partial charge in [0.15, 0.2) is 0 Å². The van der Waals surface area contributed by atoms with Crippen LogP contribution in [0.25, 0.3) is 43.1 Å². The van der Waals surface area contributed by atoms with Gasteiger partial charge in [-0.15, -0.1) is 0 Å². The van der Waals surface area contributed by atoms with Gasteiger partial charge in [0.05, 0.1) is 5.56 Å². The number of nitrogens with one attached hydrogen (secondary N) is 1. The lowest BCUT2D eigenvalue weighted by Crippen LogP contribution is -2.14. The van der Waals surface area contributed by atoms with E-state index in [1.165, 1.54) is 0 Å². The van der Waals surface area contributed by atoms with E-state index in [4.69, 9.17) is 0 Å². The topological polar surface area (TPSA) is 79.3 Å². The zero-order valence-corrected chi connectivity index (χ0v) is 16.8. The lowest BCUT2D eigenvalue weighted by atomic mass is 9.86. The largest absolute Gasteiger partial charge is 0.478 e. The van der Waals surface area contributed by atoms with E-state index in [0.29, 0.717) is 16.8 Å². The molecule has 5 heteroatoms. The van der Waals surface area contributed by atoms with Crippen molar-refractivity contribution in [3.05, 3.63) is 96.2 Å². The molecule has 0 atom stereocenters. The first-order chi connectivity index (χ1) is 15.6. The first-order valence-electron chi connectivity index (χ1n) is 10.2. The van der Waals surface area contributed by atoms with Crippen molar-refractivity contribution >= 4 is 60.8 Å². The lowest BCUT2D eigenvalue weighted by Gasteiger charge is -2.17. The SMILES string of the molecule is O=C(O)c1ccc2c3cccc4cccc(c5ccc(C(=O)Nc6ccccn6)c1c25)c43. The Bertz CT molecular complexity index is 1640. The third kappa shape index (κ3) is 2.55. The predicted molar refractivity (Wildman–Crippen MR) is 127 cm³/mol. The van der Waals surface area contributed by atoms with Crippen LogP contribution in [0.5, 0.6) is 0 Å². The first-order valence-corrected chi connectivity index (χ1v) is 10.2. The number of hydrogen-bond acceptors (Lipinski definition) is 3. The summed E-state index contributed by atoms with van der Waals surface area (Å²) in [5.74, 6) is -1.06. The fourth-order valence-corrected chi connectivity index (χ4v) is 4.72. The van der Waals surface area contributed by atoms with Crippen LogP contribution >= 0.6 is 0 Å². The molecule has 0 bridgehead atoms. The number of hydrogen-bond donors (Lipinski definition) is 2. The molecule has 0 saturated heterocycles. The third-order valence-electron chi connectivity index (χ3n) is 6.03. The third-order valence-corrected chi connectivity index (χ3v) is 6.03. The molecule has 0 aliphatic rings. The highest BCUT2D eigenvalue weighted by Crippen LogP contribution is 2.42. The van der Waals surface area contributed by atoms with Crippen LogP contribution in [-0.4, -0.2) is 22.0 Å². The van der Waals surface area contributed by atoms with Gasteiger partial charge in [0.25, 0.3) is 5.91 Å². The van der Waals surface area contributed by atoms with Crippen molar-refractivity contribution in [1.82, 2.24) is 4.98 Å². The molecule has 5 aromatic carbocycles. The molecular formula is C27H16N2O3. The summed E-state index contributed by atoms with van der Waals surface area (Å²) in [5.41, 5.74) is 0.406. The Labute approximate surface area is 182 Å². The zero-order chi connectivity index (χ0) is 21.8. The average molecular weight is 416 g/mol. The summed E-state index contributed by atoms with van der Waals surface area (Å²) in [4.78, 5) is 29.5. The van der Waals surface area contributed by atoms with Gasteiger partial charge >= 0.3 is 5.97 Å². The van der Waals surface area contributed by atoms with Crippen LogP contribution in [0.2, 0.25) is 0 Å². The first kappa shape index (κ1) is 18.3.